The van der Waals surface area contributed by atoms with E-state index in [1.54, 1.807) is 12.1 Å². The first-order valence-corrected chi connectivity index (χ1v) is 7.37. The van der Waals surface area contributed by atoms with Crippen molar-refractivity contribution in [3.8, 4) is 0 Å². The molecule has 0 amide bonds. The molecule has 2 aromatic carbocycles. The van der Waals surface area contributed by atoms with Crippen LogP contribution in [0.3, 0.4) is 0 Å². The van der Waals surface area contributed by atoms with Gasteiger partial charge in [-0.2, -0.15) is 0 Å². The highest BCUT2D eigenvalue weighted by molar-refractivity contribution is 14.1. The van der Waals surface area contributed by atoms with Gasteiger partial charge in [0, 0.05) is 20.3 Å². The number of hydrogen-bond acceptors (Lipinski definition) is 1. The predicted octanol–water partition coefficient (Wildman–Crippen LogP) is 5.11. The summed E-state index contributed by atoms with van der Waals surface area (Å²) in [6.45, 7) is 2.60. The number of anilines is 1. The van der Waals surface area contributed by atoms with Gasteiger partial charge in [-0.05, 0) is 86.9 Å². The van der Waals surface area contributed by atoms with E-state index in [9.17, 15) is 4.39 Å². The van der Waals surface area contributed by atoms with E-state index in [0.29, 0.717) is 6.54 Å². The van der Waals surface area contributed by atoms with Crippen molar-refractivity contribution < 1.29 is 4.39 Å². The van der Waals surface area contributed by atoms with Gasteiger partial charge in [0.1, 0.15) is 5.82 Å². The van der Waals surface area contributed by atoms with Gasteiger partial charge >= 0.3 is 0 Å². The first-order valence-electron chi connectivity index (χ1n) is 5.50. The van der Waals surface area contributed by atoms with Crippen molar-refractivity contribution in [1.82, 2.24) is 0 Å². The fourth-order valence-corrected chi connectivity index (χ4v) is 2.53. The van der Waals surface area contributed by atoms with Crippen LogP contribution in [0, 0.1) is 16.3 Å². The molecule has 0 heterocycles. The second kappa shape index (κ2) is 6.02. The number of halogens is 3. The van der Waals surface area contributed by atoms with Crippen molar-refractivity contribution in [2.75, 3.05) is 5.32 Å². The zero-order chi connectivity index (χ0) is 13.1. The van der Waals surface area contributed by atoms with E-state index in [-0.39, 0.29) is 5.82 Å². The average molecular weight is 420 g/mol. The topological polar surface area (TPSA) is 12.0 Å². The largest absolute Gasteiger partial charge is 0.380 e. The molecule has 0 aliphatic heterocycles. The Balaban J connectivity index is 2.16. The Morgan fingerprint density at radius 3 is 2.78 bits per heavy atom. The number of rotatable bonds is 3. The molecule has 0 unspecified atom stereocenters. The number of aryl methyl sites for hydroxylation is 1. The molecule has 0 atom stereocenters. The lowest BCUT2D eigenvalue weighted by molar-refractivity contribution is 0.625. The summed E-state index contributed by atoms with van der Waals surface area (Å²) in [6, 6.07) is 10.9. The lowest BCUT2D eigenvalue weighted by Crippen LogP contribution is -2.02. The zero-order valence-corrected chi connectivity index (χ0v) is 13.5. The molecular weight excluding hydrogens is 408 g/mol. The van der Waals surface area contributed by atoms with Crippen LogP contribution in [-0.4, -0.2) is 0 Å². The molecule has 0 fully saturated rings. The quantitative estimate of drug-likeness (QED) is 0.681. The van der Waals surface area contributed by atoms with Gasteiger partial charge in [0.25, 0.3) is 0 Å². The Morgan fingerprint density at radius 2 is 2.00 bits per heavy atom. The van der Waals surface area contributed by atoms with Gasteiger partial charge in [0.15, 0.2) is 0 Å². The molecule has 0 saturated heterocycles. The monoisotopic (exact) mass is 419 g/mol. The standard InChI is InChI=1S/C14H12BrFIN/c1-9-2-3-11(16)6-10(9)8-18-14-7-12(17)4-5-13(14)15/h2-7,18H,8H2,1H3. The second-order valence-corrected chi connectivity index (χ2v) is 6.15. The maximum absolute atomic E-state index is 13.2. The first-order chi connectivity index (χ1) is 8.56. The third kappa shape index (κ3) is 3.45. The van der Waals surface area contributed by atoms with Crippen LogP contribution >= 0.6 is 38.5 Å². The van der Waals surface area contributed by atoms with E-state index in [1.807, 2.05) is 19.1 Å². The summed E-state index contributed by atoms with van der Waals surface area (Å²) in [7, 11) is 0. The lowest BCUT2D eigenvalue weighted by Gasteiger charge is -2.11. The number of nitrogens with one attached hydrogen (secondary N) is 1. The van der Waals surface area contributed by atoms with E-state index in [4.69, 9.17) is 0 Å². The van der Waals surface area contributed by atoms with Crippen molar-refractivity contribution in [3.05, 3.63) is 61.4 Å². The molecule has 0 aliphatic rings. The Bertz CT molecular complexity index is 520. The highest BCUT2D eigenvalue weighted by Gasteiger charge is 2.03. The van der Waals surface area contributed by atoms with Crippen molar-refractivity contribution >= 4 is 44.2 Å². The maximum atomic E-state index is 13.2. The minimum absolute atomic E-state index is 0.195. The molecule has 0 saturated carbocycles. The molecule has 1 nitrogen and oxygen atoms in total. The normalized spacial score (nSPS) is 10.4. The molecule has 2 rings (SSSR count). The SMILES string of the molecule is Cc1ccc(F)cc1CNc1cc(I)ccc1Br. The van der Waals surface area contributed by atoms with Gasteiger partial charge in [0.2, 0.25) is 0 Å². The molecule has 18 heavy (non-hydrogen) atoms. The van der Waals surface area contributed by atoms with Crippen LogP contribution in [0.1, 0.15) is 11.1 Å². The van der Waals surface area contributed by atoms with E-state index in [0.717, 1.165) is 24.9 Å². The molecule has 0 bridgehead atoms. The number of hydrogen-bond donors (Lipinski definition) is 1. The Labute approximate surface area is 128 Å². The van der Waals surface area contributed by atoms with Crippen LogP contribution in [0.15, 0.2) is 40.9 Å². The van der Waals surface area contributed by atoms with Crippen LogP contribution in [0.5, 0.6) is 0 Å². The molecule has 1 N–H and O–H groups in total. The second-order valence-electron chi connectivity index (χ2n) is 4.05. The van der Waals surface area contributed by atoms with Gasteiger partial charge < -0.3 is 5.32 Å². The van der Waals surface area contributed by atoms with Crippen LogP contribution < -0.4 is 5.32 Å². The molecule has 2 aromatic rings. The minimum Gasteiger partial charge on any atom is -0.380 e. The maximum Gasteiger partial charge on any atom is 0.123 e. The van der Waals surface area contributed by atoms with Gasteiger partial charge in [-0.3, -0.25) is 0 Å². The highest BCUT2D eigenvalue weighted by atomic mass is 127. The van der Waals surface area contributed by atoms with E-state index in [1.165, 1.54) is 6.07 Å². The van der Waals surface area contributed by atoms with Crippen molar-refractivity contribution in [3.63, 3.8) is 0 Å². The van der Waals surface area contributed by atoms with Crippen LogP contribution in [0.2, 0.25) is 0 Å². The molecule has 4 heteroatoms. The fraction of sp³-hybridized carbons (Fsp3) is 0.143. The van der Waals surface area contributed by atoms with E-state index < -0.39 is 0 Å². The number of benzene rings is 2. The smallest absolute Gasteiger partial charge is 0.123 e. The van der Waals surface area contributed by atoms with Crippen LogP contribution in [0.25, 0.3) is 0 Å². The molecule has 0 radical (unpaired) electrons. The summed E-state index contributed by atoms with van der Waals surface area (Å²) in [6.07, 6.45) is 0. The Morgan fingerprint density at radius 1 is 1.22 bits per heavy atom. The third-order valence-corrected chi connectivity index (χ3v) is 4.07. The molecular formula is C14H12BrFIN. The van der Waals surface area contributed by atoms with Crippen molar-refractivity contribution in [2.24, 2.45) is 0 Å². The fourth-order valence-electron chi connectivity index (χ4n) is 1.65. The van der Waals surface area contributed by atoms with Gasteiger partial charge in [-0.15, -0.1) is 0 Å². The first kappa shape index (κ1) is 13.8. The zero-order valence-electron chi connectivity index (χ0n) is 9.81. The van der Waals surface area contributed by atoms with Crippen LogP contribution in [-0.2, 0) is 6.54 Å². The average Bonchev–Trinajstić information content (AvgIpc) is 2.34. The van der Waals surface area contributed by atoms with Crippen molar-refractivity contribution in [2.45, 2.75) is 13.5 Å². The van der Waals surface area contributed by atoms with E-state index >= 15 is 0 Å². The molecule has 94 valence electrons. The molecule has 0 aromatic heterocycles. The predicted molar refractivity (Wildman–Crippen MR) is 85.3 cm³/mol. The summed E-state index contributed by atoms with van der Waals surface area (Å²) in [4.78, 5) is 0. The molecule has 0 aliphatic carbocycles. The summed E-state index contributed by atoms with van der Waals surface area (Å²) >= 11 is 5.76. The van der Waals surface area contributed by atoms with Gasteiger partial charge in [-0.1, -0.05) is 6.07 Å². The van der Waals surface area contributed by atoms with Crippen molar-refractivity contribution in [1.29, 1.82) is 0 Å². The molecule has 0 spiro atoms. The van der Waals surface area contributed by atoms with Gasteiger partial charge in [0.05, 0.1) is 0 Å². The highest BCUT2D eigenvalue weighted by Crippen LogP contribution is 2.25. The van der Waals surface area contributed by atoms with E-state index in [2.05, 4.69) is 49.9 Å². The van der Waals surface area contributed by atoms with Crippen LogP contribution in [0.4, 0.5) is 10.1 Å². The minimum atomic E-state index is -0.195. The summed E-state index contributed by atoms with van der Waals surface area (Å²) in [5.74, 6) is -0.195. The third-order valence-electron chi connectivity index (χ3n) is 2.71. The summed E-state index contributed by atoms with van der Waals surface area (Å²) in [5, 5.41) is 3.32. The summed E-state index contributed by atoms with van der Waals surface area (Å²) in [5.41, 5.74) is 3.08. The summed E-state index contributed by atoms with van der Waals surface area (Å²) < 4.78 is 15.4. The Hall–Kier alpha value is -0.620. The Kier molecular flexibility index (Phi) is 4.61. The lowest BCUT2D eigenvalue weighted by atomic mass is 10.1. The van der Waals surface area contributed by atoms with Gasteiger partial charge in [-0.25, -0.2) is 4.39 Å².